The minimum absolute atomic E-state index is 0.322. The molecule has 4 rings (SSSR count). The van der Waals surface area contributed by atoms with Gasteiger partial charge in [-0.1, -0.05) is 0 Å². The van der Waals surface area contributed by atoms with Crippen LogP contribution in [0.1, 0.15) is 12.2 Å². The van der Waals surface area contributed by atoms with E-state index >= 15 is 0 Å². The largest absolute Gasteiger partial charge is 0.423 e. The molecular weight excluding hydrogens is 273 g/mol. The van der Waals surface area contributed by atoms with Crippen molar-refractivity contribution in [3.8, 4) is 0 Å². The van der Waals surface area contributed by atoms with E-state index in [1.807, 2.05) is 0 Å². The maximum absolute atomic E-state index is 13.1. The predicted molar refractivity (Wildman–Crippen MR) is 74.3 cm³/mol. The molecule has 7 heteroatoms. The van der Waals surface area contributed by atoms with Crippen LogP contribution < -0.4 is 5.32 Å². The maximum Gasteiger partial charge on any atom is 0.295 e. The average molecular weight is 287 g/mol. The molecule has 1 atom stereocenters. The number of anilines is 1. The summed E-state index contributed by atoms with van der Waals surface area (Å²) in [6, 6.07) is 4.77. The highest BCUT2D eigenvalue weighted by molar-refractivity contribution is 5.74. The second-order valence-electron chi connectivity index (χ2n) is 5.31. The first-order valence-corrected chi connectivity index (χ1v) is 6.94. The SMILES string of the molecule is Fc1ccc2nc(NCC3CCn4cnnc4C3)oc2c1. The van der Waals surface area contributed by atoms with E-state index in [0.29, 0.717) is 23.0 Å². The fourth-order valence-corrected chi connectivity index (χ4v) is 2.69. The van der Waals surface area contributed by atoms with Gasteiger partial charge in [-0.15, -0.1) is 10.2 Å². The zero-order valence-electron chi connectivity index (χ0n) is 11.3. The van der Waals surface area contributed by atoms with E-state index in [1.165, 1.54) is 12.1 Å². The van der Waals surface area contributed by atoms with Gasteiger partial charge in [0.25, 0.3) is 6.01 Å². The summed E-state index contributed by atoms with van der Waals surface area (Å²) >= 11 is 0. The summed E-state index contributed by atoms with van der Waals surface area (Å²) in [5.74, 6) is 1.16. The predicted octanol–water partition coefficient (Wildman–Crippen LogP) is 2.23. The van der Waals surface area contributed by atoms with Crippen LogP contribution in [0, 0.1) is 11.7 Å². The van der Waals surface area contributed by atoms with Crippen molar-refractivity contribution in [3.63, 3.8) is 0 Å². The standard InChI is InChI=1S/C14H14FN5O/c15-10-1-2-11-12(6-10)21-14(18-11)16-7-9-3-4-20-8-17-19-13(20)5-9/h1-2,6,8-9H,3-5,7H2,(H,16,18). The van der Waals surface area contributed by atoms with Crippen LogP contribution in [0.4, 0.5) is 10.4 Å². The summed E-state index contributed by atoms with van der Waals surface area (Å²) in [4.78, 5) is 4.29. The van der Waals surface area contributed by atoms with Gasteiger partial charge in [0.2, 0.25) is 0 Å². The Morgan fingerprint density at radius 1 is 1.43 bits per heavy atom. The first kappa shape index (κ1) is 12.3. The number of benzene rings is 1. The van der Waals surface area contributed by atoms with Crippen LogP contribution in [-0.2, 0) is 13.0 Å². The Hall–Kier alpha value is -2.44. The number of hydrogen-bond donors (Lipinski definition) is 1. The third kappa shape index (κ3) is 2.35. The maximum atomic E-state index is 13.1. The van der Waals surface area contributed by atoms with Gasteiger partial charge >= 0.3 is 0 Å². The molecule has 21 heavy (non-hydrogen) atoms. The van der Waals surface area contributed by atoms with Gasteiger partial charge in [-0.3, -0.25) is 0 Å². The van der Waals surface area contributed by atoms with Crippen molar-refractivity contribution in [3.05, 3.63) is 36.2 Å². The Balaban J connectivity index is 1.44. The van der Waals surface area contributed by atoms with E-state index in [0.717, 1.165) is 31.8 Å². The van der Waals surface area contributed by atoms with Crippen LogP contribution in [0.5, 0.6) is 0 Å². The van der Waals surface area contributed by atoms with Crippen molar-refractivity contribution in [2.45, 2.75) is 19.4 Å². The zero-order valence-corrected chi connectivity index (χ0v) is 11.3. The number of halogens is 1. The van der Waals surface area contributed by atoms with Crippen LogP contribution in [0.15, 0.2) is 28.9 Å². The van der Waals surface area contributed by atoms with Crippen molar-refractivity contribution in [2.75, 3.05) is 11.9 Å². The smallest absolute Gasteiger partial charge is 0.295 e. The topological polar surface area (TPSA) is 68.8 Å². The number of rotatable bonds is 3. The Kier molecular flexibility index (Phi) is 2.83. The summed E-state index contributed by atoms with van der Waals surface area (Å²) in [6.07, 6.45) is 3.73. The summed E-state index contributed by atoms with van der Waals surface area (Å²) in [5, 5.41) is 11.2. The lowest BCUT2D eigenvalue weighted by Gasteiger charge is -2.22. The highest BCUT2D eigenvalue weighted by atomic mass is 19.1. The van der Waals surface area contributed by atoms with Gasteiger partial charge in [-0.25, -0.2) is 4.39 Å². The van der Waals surface area contributed by atoms with Gasteiger partial charge in [-0.2, -0.15) is 4.98 Å². The van der Waals surface area contributed by atoms with E-state index in [-0.39, 0.29) is 5.82 Å². The van der Waals surface area contributed by atoms with Crippen molar-refractivity contribution in [2.24, 2.45) is 5.92 Å². The van der Waals surface area contributed by atoms with Crippen LogP contribution >= 0.6 is 0 Å². The summed E-state index contributed by atoms with van der Waals surface area (Å²) in [5.41, 5.74) is 1.11. The Labute approximate surface area is 120 Å². The molecule has 0 saturated carbocycles. The Morgan fingerprint density at radius 3 is 3.33 bits per heavy atom. The van der Waals surface area contributed by atoms with E-state index in [4.69, 9.17) is 4.42 Å². The minimum atomic E-state index is -0.322. The molecule has 0 spiro atoms. The number of oxazole rings is 1. The molecule has 1 aliphatic heterocycles. The first-order valence-electron chi connectivity index (χ1n) is 6.94. The van der Waals surface area contributed by atoms with Crippen LogP contribution in [-0.4, -0.2) is 26.3 Å². The summed E-state index contributed by atoms with van der Waals surface area (Å²) < 4.78 is 20.7. The first-order chi connectivity index (χ1) is 10.3. The number of fused-ring (bicyclic) bond motifs is 2. The molecule has 108 valence electrons. The lowest BCUT2D eigenvalue weighted by molar-refractivity contribution is 0.394. The van der Waals surface area contributed by atoms with Gasteiger partial charge in [0.05, 0.1) is 0 Å². The van der Waals surface area contributed by atoms with Gasteiger partial charge in [0.1, 0.15) is 23.5 Å². The van der Waals surface area contributed by atoms with Crippen molar-refractivity contribution >= 4 is 17.1 Å². The molecule has 1 N–H and O–H groups in total. The molecule has 1 unspecified atom stereocenters. The van der Waals surface area contributed by atoms with Gasteiger partial charge < -0.3 is 14.3 Å². The Morgan fingerprint density at radius 2 is 2.38 bits per heavy atom. The lowest BCUT2D eigenvalue weighted by Crippen LogP contribution is -2.25. The number of nitrogens with one attached hydrogen (secondary N) is 1. The van der Waals surface area contributed by atoms with Crippen LogP contribution in [0.2, 0.25) is 0 Å². The second kappa shape index (κ2) is 4.83. The monoisotopic (exact) mass is 287 g/mol. The van der Waals surface area contributed by atoms with Gasteiger partial charge in [0.15, 0.2) is 5.58 Å². The second-order valence-corrected chi connectivity index (χ2v) is 5.31. The summed E-state index contributed by atoms with van der Waals surface area (Å²) in [7, 11) is 0. The number of nitrogens with zero attached hydrogens (tertiary/aromatic N) is 4. The summed E-state index contributed by atoms with van der Waals surface area (Å²) in [6.45, 7) is 1.69. The molecule has 0 amide bonds. The van der Waals surface area contributed by atoms with Gasteiger partial charge in [-0.05, 0) is 24.5 Å². The van der Waals surface area contributed by atoms with Crippen LogP contribution in [0.3, 0.4) is 0 Å². The fraction of sp³-hybridized carbons (Fsp3) is 0.357. The number of hydrogen-bond acceptors (Lipinski definition) is 5. The molecule has 2 aromatic heterocycles. The average Bonchev–Trinajstić information content (AvgIpc) is 3.09. The Bertz CT molecular complexity index is 781. The molecular formula is C14H14FN5O. The molecule has 0 aliphatic carbocycles. The molecule has 0 bridgehead atoms. The van der Waals surface area contributed by atoms with E-state index in [9.17, 15) is 4.39 Å². The quantitative estimate of drug-likeness (QED) is 0.800. The molecule has 1 aromatic carbocycles. The zero-order chi connectivity index (χ0) is 14.2. The van der Waals surface area contributed by atoms with Crippen molar-refractivity contribution in [1.82, 2.24) is 19.7 Å². The molecule has 3 heterocycles. The van der Waals surface area contributed by atoms with Crippen molar-refractivity contribution in [1.29, 1.82) is 0 Å². The molecule has 1 aliphatic rings. The number of aromatic nitrogens is 4. The van der Waals surface area contributed by atoms with E-state index in [1.54, 1.807) is 12.4 Å². The highest BCUT2D eigenvalue weighted by Crippen LogP contribution is 2.22. The van der Waals surface area contributed by atoms with Crippen LogP contribution in [0.25, 0.3) is 11.1 Å². The lowest BCUT2D eigenvalue weighted by atomic mass is 9.98. The number of aryl methyl sites for hydroxylation is 1. The third-order valence-corrected chi connectivity index (χ3v) is 3.84. The fourth-order valence-electron chi connectivity index (χ4n) is 2.69. The minimum Gasteiger partial charge on any atom is -0.423 e. The van der Waals surface area contributed by atoms with Gasteiger partial charge in [0, 0.05) is 25.6 Å². The molecule has 0 saturated heterocycles. The van der Waals surface area contributed by atoms with E-state index < -0.39 is 0 Å². The molecule has 0 radical (unpaired) electrons. The molecule has 0 fully saturated rings. The highest BCUT2D eigenvalue weighted by Gasteiger charge is 2.20. The molecule has 3 aromatic rings. The third-order valence-electron chi connectivity index (χ3n) is 3.84. The molecule has 6 nitrogen and oxygen atoms in total. The van der Waals surface area contributed by atoms with Crippen molar-refractivity contribution < 1.29 is 8.81 Å². The van der Waals surface area contributed by atoms with E-state index in [2.05, 4.69) is 25.1 Å². The normalized spacial score (nSPS) is 17.9.